The molecule has 2 rings (SSSR count). The summed E-state index contributed by atoms with van der Waals surface area (Å²) in [5, 5.41) is 10.9. The number of aromatic nitrogens is 1. The third kappa shape index (κ3) is 3.32. The zero-order chi connectivity index (χ0) is 16.1. The molecule has 1 heterocycles. The molecule has 0 aliphatic heterocycles. The van der Waals surface area contributed by atoms with Crippen LogP contribution in [0.25, 0.3) is 0 Å². The van der Waals surface area contributed by atoms with Gasteiger partial charge in [0.25, 0.3) is 5.91 Å². The normalized spacial score (nSPS) is 10.5. The van der Waals surface area contributed by atoms with Crippen LogP contribution in [0.2, 0.25) is 0 Å². The smallest absolute Gasteiger partial charge is 0.323 e. The van der Waals surface area contributed by atoms with E-state index in [2.05, 4.69) is 0 Å². The average Bonchev–Trinajstić information content (AvgIpc) is 2.89. The first-order valence-electron chi connectivity index (χ1n) is 6.88. The first-order valence-corrected chi connectivity index (χ1v) is 6.88. The number of carbonyl (C=O) groups is 1. The monoisotopic (exact) mass is 302 g/mol. The Morgan fingerprint density at radius 1 is 1.27 bits per heavy atom. The number of rotatable bonds is 6. The van der Waals surface area contributed by atoms with Crippen LogP contribution >= 0.6 is 0 Å². The van der Waals surface area contributed by atoms with Crippen LogP contribution in [0.5, 0.6) is 0 Å². The number of nitrogens with zero attached hydrogens (tertiary/aromatic N) is 3. The molecule has 116 valence electrons. The van der Waals surface area contributed by atoms with Crippen molar-refractivity contribution in [1.29, 1.82) is 0 Å². The van der Waals surface area contributed by atoms with Gasteiger partial charge < -0.3 is 20.7 Å². The van der Waals surface area contributed by atoms with E-state index in [-0.39, 0.29) is 17.4 Å². The average molecular weight is 302 g/mol. The number of nitro groups is 1. The van der Waals surface area contributed by atoms with Gasteiger partial charge >= 0.3 is 5.82 Å². The molecule has 0 bridgehead atoms. The van der Waals surface area contributed by atoms with E-state index in [0.29, 0.717) is 19.6 Å². The largest absolute Gasteiger partial charge is 0.358 e. The number of carbonyl (C=O) groups excluding carboxylic acids is 1. The molecule has 22 heavy (non-hydrogen) atoms. The van der Waals surface area contributed by atoms with Gasteiger partial charge in [0.2, 0.25) is 0 Å². The second kappa shape index (κ2) is 6.86. The Balaban J connectivity index is 2.25. The van der Waals surface area contributed by atoms with Gasteiger partial charge in [0, 0.05) is 25.7 Å². The highest BCUT2D eigenvalue weighted by Crippen LogP contribution is 2.17. The Morgan fingerprint density at radius 2 is 1.95 bits per heavy atom. The molecule has 0 aliphatic carbocycles. The standard InChI is InChI=1S/C15H18N4O3/c1-17-13(7-8-14(17)19(21)22)15(20)18(10-9-16)11-12-5-3-2-4-6-12/h2-8H,9-11,16H2,1H3. The third-order valence-corrected chi connectivity index (χ3v) is 3.40. The predicted octanol–water partition coefficient (Wildman–Crippen LogP) is 1.53. The Bertz CT molecular complexity index is 667. The molecular weight excluding hydrogens is 284 g/mol. The van der Waals surface area contributed by atoms with Crippen LogP contribution in [0.3, 0.4) is 0 Å². The first-order chi connectivity index (χ1) is 10.5. The van der Waals surface area contributed by atoms with E-state index in [0.717, 1.165) is 5.56 Å². The van der Waals surface area contributed by atoms with Gasteiger partial charge in [-0.25, -0.2) is 4.57 Å². The SMILES string of the molecule is Cn1c(C(=O)N(CCN)Cc2ccccc2)ccc1[N+](=O)[O-]. The van der Waals surface area contributed by atoms with E-state index in [1.54, 1.807) is 4.90 Å². The highest BCUT2D eigenvalue weighted by Gasteiger charge is 2.24. The van der Waals surface area contributed by atoms with Crippen molar-refractivity contribution in [1.82, 2.24) is 9.47 Å². The lowest BCUT2D eigenvalue weighted by Crippen LogP contribution is -2.35. The van der Waals surface area contributed by atoms with Crippen molar-refractivity contribution in [2.75, 3.05) is 13.1 Å². The quantitative estimate of drug-likeness (QED) is 0.646. The van der Waals surface area contributed by atoms with Gasteiger partial charge in [0.05, 0.1) is 7.05 Å². The van der Waals surface area contributed by atoms with Crippen molar-refractivity contribution in [2.24, 2.45) is 12.8 Å². The summed E-state index contributed by atoms with van der Waals surface area (Å²) < 4.78 is 1.29. The first kappa shape index (κ1) is 15.7. The highest BCUT2D eigenvalue weighted by atomic mass is 16.6. The predicted molar refractivity (Wildman–Crippen MR) is 82.3 cm³/mol. The molecule has 1 amide bonds. The minimum atomic E-state index is -0.513. The van der Waals surface area contributed by atoms with E-state index in [1.165, 1.54) is 23.7 Å². The summed E-state index contributed by atoms with van der Waals surface area (Å²) in [5.74, 6) is -0.388. The molecule has 1 aromatic heterocycles. The summed E-state index contributed by atoms with van der Waals surface area (Å²) >= 11 is 0. The molecule has 0 aliphatic rings. The number of benzene rings is 1. The van der Waals surface area contributed by atoms with Crippen LogP contribution in [0.4, 0.5) is 5.82 Å². The maximum Gasteiger partial charge on any atom is 0.323 e. The van der Waals surface area contributed by atoms with Gasteiger partial charge in [-0.3, -0.25) is 4.79 Å². The molecule has 2 N–H and O–H groups in total. The van der Waals surface area contributed by atoms with E-state index < -0.39 is 4.92 Å². The van der Waals surface area contributed by atoms with Crippen LogP contribution in [-0.4, -0.2) is 33.4 Å². The molecule has 7 heteroatoms. The lowest BCUT2D eigenvalue weighted by Gasteiger charge is -2.21. The zero-order valence-electron chi connectivity index (χ0n) is 12.3. The minimum Gasteiger partial charge on any atom is -0.358 e. The summed E-state index contributed by atoms with van der Waals surface area (Å²) in [4.78, 5) is 24.6. The van der Waals surface area contributed by atoms with Gasteiger partial charge in [0.1, 0.15) is 0 Å². The lowest BCUT2D eigenvalue weighted by molar-refractivity contribution is -0.391. The Labute approximate surface area is 128 Å². The number of hydrogen-bond acceptors (Lipinski definition) is 4. The molecule has 0 fully saturated rings. The summed E-state index contributed by atoms with van der Waals surface area (Å²) in [6.45, 7) is 1.12. The van der Waals surface area contributed by atoms with Gasteiger partial charge in [-0.05, 0) is 16.6 Å². The van der Waals surface area contributed by atoms with E-state index in [9.17, 15) is 14.9 Å². The van der Waals surface area contributed by atoms with Gasteiger partial charge in [0.15, 0.2) is 5.69 Å². The Morgan fingerprint density at radius 3 is 2.50 bits per heavy atom. The van der Waals surface area contributed by atoms with Gasteiger partial charge in [-0.1, -0.05) is 30.3 Å². The van der Waals surface area contributed by atoms with Crippen molar-refractivity contribution in [3.8, 4) is 0 Å². The molecule has 0 atom stereocenters. The van der Waals surface area contributed by atoms with Crippen LogP contribution in [0, 0.1) is 10.1 Å². The molecule has 0 radical (unpaired) electrons. The molecule has 2 aromatic rings. The minimum absolute atomic E-state index is 0.115. The maximum atomic E-state index is 12.6. The Kier molecular flexibility index (Phi) is 4.90. The van der Waals surface area contributed by atoms with Crippen LogP contribution in [0.1, 0.15) is 16.1 Å². The summed E-state index contributed by atoms with van der Waals surface area (Å²) in [7, 11) is 1.51. The Hall–Kier alpha value is -2.67. The van der Waals surface area contributed by atoms with Crippen LogP contribution in [-0.2, 0) is 13.6 Å². The summed E-state index contributed by atoms with van der Waals surface area (Å²) in [5.41, 5.74) is 6.84. The fraction of sp³-hybridized carbons (Fsp3) is 0.267. The second-order valence-electron chi connectivity index (χ2n) is 4.89. The number of nitrogens with two attached hydrogens (primary N) is 1. The van der Waals surface area contributed by atoms with Crippen LogP contribution in [0.15, 0.2) is 42.5 Å². The van der Waals surface area contributed by atoms with Crippen molar-refractivity contribution in [3.05, 3.63) is 63.8 Å². The van der Waals surface area contributed by atoms with Gasteiger partial charge in [-0.2, -0.15) is 0 Å². The van der Waals surface area contributed by atoms with E-state index in [4.69, 9.17) is 5.73 Å². The van der Waals surface area contributed by atoms with Crippen molar-refractivity contribution in [2.45, 2.75) is 6.54 Å². The maximum absolute atomic E-state index is 12.6. The lowest BCUT2D eigenvalue weighted by atomic mass is 10.2. The van der Waals surface area contributed by atoms with Crippen molar-refractivity contribution in [3.63, 3.8) is 0 Å². The third-order valence-electron chi connectivity index (χ3n) is 3.40. The molecule has 0 saturated heterocycles. The van der Waals surface area contributed by atoms with Crippen molar-refractivity contribution < 1.29 is 9.72 Å². The zero-order valence-corrected chi connectivity index (χ0v) is 12.3. The van der Waals surface area contributed by atoms with Gasteiger partial charge in [-0.15, -0.1) is 0 Å². The molecular formula is C15H18N4O3. The van der Waals surface area contributed by atoms with E-state index in [1.807, 2.05) is 30.3 Å². The molecule has 1 aromatic carbocycles. The topological polar surface area (TPSA) is 94.4 Å². The van der Waals surface area contributed by atoms with E-state index >= 15 is 0 Å². The molecule has 0 spiro atoms. The molecule has 0 saturated carbocycles. The summed E-state index contributed by atoms with van der Waals surface area (Å²) in [6, 6.07) is 12.3. The fourth-order valence-electron chi connectivity index (χ4n) is 2.27. The van der Waals surface area contributed by atoms with Crippen LogP contribution < -0.4 is 5.73 Å². The summed E-state index contributed by atoms with van der Waals surface area (Å²) in [6.07, 6.45) is 0. The highest BCUT2D eigenvalue weighted by molar-refractivity contribution is 5.93. The fourth-order valence-corrected chi connectivity index (χ4v) is 2.27. The second-order valence-corrected chi connectivity index (χ2v) is 4.89. The molecule has 7 nitrogen and oxygen atoms in total. The molecule has 0 unspecified atom stereocenters. The number of hydrogen-bond donors (Lipinski definition) is 1. The van der Waals surface area contributed by atoms with Crippen molar-refractivity contribution >= 4 is 11.7 Å². The number of amides is 1.